The topological polar surface area (TPSA) is 39.2 Å². The molecule has 2 aliphatic rings. The Balaban J connectivity index is 0.938. The molecule has 95 heavy (non-hydrogen) atoms. The molecule has 0 unspecified atom stereocenters. The molecular formula is C88H65BN4O2. The van der Waals surface area contributed by atoms with E-state index in [0.29, 0.717) is 0 Å². The van der Waals surface area contributed by atoms with Crippen molar-refractivity contribution in [1.82, 2.24) is 0 Å². The van der Waals surface area contributed by atoms with Crippen molar-refractivity contribution in [2.75, 3.05) is 19.6 Å². The Kier molecular flexibility index (Phi) is 11.9. The van der Waals surface area contributed by atoms with Gasteiger partial charge < -0.3 is 28.4 Å². The Bertz CT molecular complexity index is 5960. The number of benzene rings is 15. The molecule has 0 saturated carbocycles. The molecule has 6 nitrogen and oxygen atoms in total. The van der Waals surface area contributed by atoms with Gasteiger partial charge >= 0.3 is 0 Å². The van der Waals surface area contributed by atoms with Crippen molar-refractivity contribution < 1.29 is 8.83 Å². The number of hydrogen-bond donors (Lipinski definition) is 0. The lowest BCUT2D eigenvalue weighted by Crippen LogP contribution is -2.61. The molecular weight excluding hydrogens is 1160 g/mol. The Morgan fingerprint density at radius 3 is 1.56 bits per heavy atom. The number of nitrogens with zero attached hydrogens (tertiary/aromatic N) is 4. The largest absolute Gasteiger partial charge is 0.456 e. The highest BCUT2D eigenvalue weighted by molar-refractivity contribution is 7.00. The van der Waals surface area contributed by atoms with Crippen LogP contribution in [0, 0.1) is 0 Å². The summed E-state index contributed by atoms with van der Waals surface area (Å²) in [6.45, 7) is 13.5. The van der Waals surface area contributed by atoms with E-state index in [2.05, 4.69) is 346 Å². The quantitative estimate of drug-likeness (QED) is 0.112. The zero-order chi connectivity index (χ0) is 63.6. The van der Waals surface area contributed by atoms with E-state index in [9.17, 15) is 0 Å². The maximum Gasteiger partial charge on any atom is 0.252 e. The smallest absolute Gasteiger partial charge is 0.252 e. The first kappa shape index (κ1) is 55.1. The van der Waals surface area contributed by atoms with Crippen LogP contribution in [0.2, 0.25) is 0 Å². The van der Waals surface area contributed by atoms with Crippen LogP contribution in [0.5, 0.6) is 0 Å². The number of anilines is 12. The second kappa shape index (κ2) is 20.5. The normalized spacial score (nSPS) is 13.1. The van der Waals surface area contributed by atoms with Gasteiger partial charge in [-0.05, 0) is 185 Å². The SMILES string of the molecule is CC(C)(C)c1ccc(N2c3cc(N(c4ccc5oc6ccccc6c5c4)c4ccc5ccc6cccc7ccc4c5c67)ccc3B3c4ccc5c(oc6ccccc65)c4N(c4ccc(C(C)(C)C)cc4)c4cc(N(c5ccccc5)c5ccc6ccccc6c5)cc2c43)cc1. The average Bonchev–Trinajstić information content (AvgIpc) is 1.61. The van der Waals surface area contributed by atoms with E-state index in [0.717, 1.165) is 112 Å². The predicted molar refractivity (Wildman–Crippen MR) is 403 cm³/mol. The molecule has 0 bridgehead atoms. The monoisotopic (exact) mass is 1220 g/mol. The van der Waals surface area contributed by atoms with Crippen molar-refractivity contribution in [3.05, 3.63) is 296 Å². The molecule has 4 heterocycles. The molecule has 452 valence electrons. The van der Waals surface area contributed by atoms with E-state index in [1.165, 1.54) is 70.6 Å². The lowest BCUT2D eigenvalue weighted by molar-refractivity contribution is 0.590. The molecule has 0 radical (unpaired) electrons. The van der Waals surface area contributed by atoms with E-state index in [-0.39, 0.29) is 17.5 Å². The van der Waals surface area contributed by atoms with Crippen LogP contribution in [0.4, 0.5) is 68.2 Å². The van der Waals surface area contributed by atoms with Crippen LogP contribution in [-0.2, 0) is 10.8 Å². The summed E-state index contributed by atoms with van der Waals surface area (Å²) in [5, 5.41) is 14.1. The van der Waals surface area contributed by atoms with Crippen LogP contribution >= 0.6 is 0 Å². The molecule has 2 aliphatic heterocycles. The zero-order valence-electron chi connectivity index (χ0n) is 53.8. The molecule has 0 saturated heterocycles. The summed E-state index contributed by atoms with van der Waals surface area (Å²) < 4.78 is 13.9. The van der Waals surface area contributed by atoms with Crippen LogP contribution in [0.15, 0.2) is 294 Å². The van der Waals surface area contributed by atoms with Crippen LogP contribution in [-0.4, -0.2) is 6.71 Å². The molecule has 2 aromatic heterocycles. The number of hydrogen-bond acceptors (Lipinski definition) is 6. The molecule has 0 spiro atoms. The zero-order valence-corrected chi connectivity index (χ0v) is 53.8. The Morgan fingerprint density at radius 2 is 0.832 bits per heavy atom. The maximum atomic E-state index is 7.31. The first-order valence-corrected chi connectivity index (χ1v) is 33.2. The van der Waals surface area contributed by atoms with E-state index in [1.807, 2.05) is 0 Å². The van der Waals surface area contributed by atoms with Crippen molar-refractivity contribution in [2.24, 2.45) is 0 Å². The highest BCUT2D eigenvalue weighted by Gasteiger charge is 2.46. The van der Waals surface area contributed by atoms with Gasteiger partial charge in [0, 0.05) is 78.1 Å². The fraction of sp³-hybridized carbons (Fsp3) is 0.0909. The van der Waals surface area contributed by atoms with Gasteiger partial charge in [-0.15, -0.1) is 0 Å². The van der Waals surface area contributed by atoms with Gasteiger partial charge in [-0.3, -0.25) is 0 Å². The van der Waals surface area contributed by atoms with Gasteiger partial charge in [0.05, 0.1) is 17.1 Å². The second-order valence-electron chi connectivity index (χ2n) is 28.1. The van der Waals surface area contributed by atoms with Gasteiger partial charge in [-0.1, -0.05) is 217 Å². The highest BCUT2D eigenvalue weighted by atomic mass is 16.3. The first-order chi connectivity index (χ1) is 46.4. The standard InChI is InChI=1S/C88H65BN4O2/c1-87(2,3)59-32-37-62(38-33-59)92-76-51-66(91(65-42-48-81-72(50-65)69-24-13-14-25-79(69)94-81)75-47-31-57-28-27-55-19-16-20-56-30-43-71(75)83(57)82(55)56)41-45-73(76)89-74-46-44-70-68-23-12-15-26-80(68)95-86(70)85(74)93(63-39-34-60(35-40-63)88(4,5)6)78-53-67(52-77(92)84(78)89)90(61-21-8-7-9-22-61)64-36-29-54-17-10-11-18-58(54)49-64/h7-53H,1-6H3. The van der Waals surface area contributed by atoms with E-state index in [1.54, 1.807) is 0 Å². The minimum absolute atomic E-state index is 0.0634. The van der Waals surface area contributed by atoms with Gasteiger partial charge in [0.15, 0.2) is 5.58 Å². The summed E-state index contributed by atoms with van der Waals surface area (Å²) in [7, 11) is 0. The Morgan fingerprint density at radius 1 is 0.316 bits per heavy atom. The molecule has 0 fully saturated rings. The Hall–Kier alpha value is -11.5. The molecule has 0 N–H and O–H groups in total. The highest BCUT2D eigenvalue weighted by Crippen LogP contribution is 2.53. The van der Waals surface area contributed by atoms with Crippen molar-refractivity contribution >= 4 is 178 Å². The van der Waals surface area contributed by atoms with Gasteiger partial charge in [-0.2, -0.15) is 0 Å². The van der Waals surface area contributed by atoms with Crippen LogP contribution in [0.3, 0.4) is 0 Å². The molecule has 0 atom stereocenters. The molecule has 17 aromatic rings. The fourth-order valence-corrected chi connectivity index (χ4v) is 15.8. The maximum absolute atomic E-state index is 7.31. The fourth-order valence-electron chi connectivity index (χ4n) is 15.8. The van der Waals surface area contributed by atoms with Gasteiger partial charge in [0.2, 0.25) is 0 Å². The van der Waals surface area contributed by atoms with Crippen molar-refractivity contribution in [3.8, 4) is 0 Å². The van der Waals surface area contributed by atoms with Gasteiger partial charge in [0.1, 0.15) is 16.7 Å². The summed E-state index contributed by atoms with van der Waals surface area (Å²) in [5.74, 6) is 0. The summed E-state index contributed by atoms with van der Waals surface area (Å²) in [6, 6.07) is 106. The average molecular weight is 1220 g/mol. The molecule has 15 aromatic carbocycles. The third-order valence-corrected chi connectivity index (χ3v) is 20.4. The lowest BCUT2D eigenvalue weighted by Gasteiger charge is -2.45. The van der Waals surface area contributed by atoms with Crippen molar-refractivity contribution in [1.29, 1.82) is 0 Å². The van der Waals surface area contributed by atoms with Crippen LogP contribution in [0.1, 0.15) is 52.7 Å². The molecule has 19 rings (SSSR count). The van der Waals surface area contributed by atoms with E-state index >= 15 is 0 Å². The summed E-state index contributed by atoms with van der Waals surface area (Å²) in [5.41, 5.74) is 22.1. The molecule has 0 amide bonds. The number of fused-ring (bicyclic) bond motifs is 12. The number of furan rings is 2. The number of para-hydroxylation sites is 3. The third kappa shape index (κ3) is 8.51. The molecule has 7 heteroatoms. The second-order valence-corrected chi connectivity index (χ2v) is 28.1. The Labute approximate surface area is 552 Å². The third-order valence-electron chi connectivity index (χ3n) is 20.4. The minimum atomic E-state index is -0.247. The summed E-state index contributed by atoms with van der Waals surface area (Å²) >= 11 is 0. The lowest BCUT2D eigenvalue weighted by atomic mass is 9.33. The number of rotatable bonds is 8. The van der Waals surface area contributed by atoms with Gasteiger partial charge in [-0.25, -0.2) is 0 Å². The summed E-state index contributed by atoms with van der Waals surface area (Å²) in [6.07, 6.45) is 0. The van der Waals surface area contributed by atoms with Gasteiger partial charge in [0.25, 0.3) is 6.71 Å². The first-order valence-electron chi connectivity index (χ1n) is 33.2. The summed E-state index contributed by atoms with van der Waals surface area (Å²) in [4.78, 5) is 10.1. The van der Waals surface area contributed by atoms with Crippen LogP contribution in [0.25, 0.3) is 87.0 Å². The minimum Gasteiger partial charge on any atom is -0.456 e. The van der Waals surface area contributed by atoms with E-state index in [4.69, 9.17) is 8.83 Å². The predicted octanol–water partition coefficient (Wildman–Crippen LogP) is 23.2. The van der Waals surface area contributed by atoms with Crippen molar-refractivity contribution in [2.45, 2.75) is 52.4 Å². The molecule has 0 aliphatic carbocycles. The van der Waals surface area contributed by atoms with Crippen molar-refractivity contribution in [3.63, 3.8) is 0 Å². The van der Waals surface area contributed by atoms with E-state index < -0.39 is 0 Å². The van der Waals surface area contributed by atoms with Crippen LogP contribution < -0.4 is 36.0 Å².